The van der Waals surface area contributed by atoms with Gasteiger partial charge in [-0.15, -0.1) is 0 Å². The molecule has 0 radical (unpaired) electrons. The average Bonchev–Trinajstić information content (AvgIpc) is 2.72. The van der Waals surface area contributed by atoms with Crippen LogP contribution < -0.4 is 9.47 Å². The number of aryl methyl sites for hydroxylation is 1. The normalized spacial score (nSPS) is 10.8. The van der Waals surface area contributed by atoms with E-state index in [-0.39, 0.29) is 11.9 Å². The van der Waals surface area contributed by atoms with Gasteiger partial charge in [-0.2, -0.15) is 0 Å². The van der Waals surface area contributed by atoms with Crippen LogP contribution in [0.1, 0.15) is 122 Å². The van der Waals surface area contributed by atoms with Crippen LogP contribution in [-0.4, -0.2) is 11.9 Å². The van der Waals surface area contributed by atoms with Gasteiger partial charge < -0.3 is 9.47 Å². The van der Waals surface area contributed by atoms with E-state index in [1.54, 1.807) is 18.2 Å². The second-order valence-electron chi connectivity index (χ2n) is 8.67. The summed E-state index contributed by atoms with van der Waals surface area (Å²) in [6.45, 7) is 6.33. The molecule has 4 heteroatoms. The Morgan fingerprint density at radius 2 is 0.935 bits per heavy atom. The number of hydrogen-bond donors (Lipinski definition) is 0. The zero-order chi connectivity index (χ0) is 22.7. The molecule has 1 rings (SSSR count). The predicted molar refractivity (Wildman–Crippen MR) is 128 cm³/mol. The van der Waals surface area contributed by atoms with Crippen molar-refractivity contribution in [1.29, 1.82) is 0 Å². The lowest BCUT2D eigenvalue weighted by Gasteiger charge is -2.09. The van der Waals surface area contributed by atoms with Crippen LogP contribution in [0.25, 0.3) is 0 Å². The summed E-state index contributed by atoms with van der Waals surface area (Å²) in [5, 5.41) is 0. The molecular weight excluding hydrogens is 388 g/mol. The van der Waals surface area contributed by atoms with Crippen LogP contribution in [0.4, 0.5) is 0 Å². The topological polar surface area (TPSA) is 52.6 Å². The molecular formula is C27H44O4. The van der Waals surface area contributed by atoms with Crippen molar-refractivity contribution in [3.8, 4) is 11.5 Å². The van der Waals surface area contributed by atoms with Crippen LogP contribution in [0.15, 0.2) is 18.2 Å². The van der Waals surface area contributed by atoms with Crippen molar-refractivity contribution >= 4 is 11.9 Å². The maximum absolute atomic E-state index is 12.1. The Labute approximate surface area is 190 Å². The smallest absolute Gasteiger partial charge is 0.311 e. The van der Waals surface area contributed by atoms with Crippen molar-refractivity contribution in [1.82, 2.24) is 0 Å². The van der Waals surface area contributed by atoms with E-state index in [9.17, 15) is 9.59 Å². The van der Waals surface area contributed by atoms with E-state index in [0.29, 0.717) is 24.3 Å². The van der Waals surface area contributed by atoms with E-state index in [4.69, 9.17) is 9.47 Å². The summed E-state index contributed by atoms with van der Waals surface area (Å²) in [7, 11) is 0. The Morgan fingerprint density at radius 1 is 0.581 bits per heavy atom. The number of carbonyl (C=O) groups is 2. The molecule has 4 nitrogen and oxygen atoms in total. The van der Waals surface area contributed by atoms with Crippen molar-refractivity contribution in [2.24, 2.45) is 0 Å². The van der Waals surface area contributed by atoms with Gasteiger partial charge in [0.2, 0.25) is 0 Å². The Hall–Kier alpha value is -1.84. The first-order valence-corrected chi connectivity index (χ1v) is 12.6. The Kier molecular flexibility index (Phi) is 15.6. The Bertz CT molecular complexity index is 573. The van der Waals surface area contributed by atoms with E-state index < -0.39 is 0 Å². The van der Waals surface area contributed by atoms with Crippen molar-refractivity contribution in [2.45, 2.75) is 124 Å². The Morgan fingerprint density at radius 3 is 1.32 bits per heavy atom. The average molecular weight is 433 g/mol. The fourth-order valence-corrected chi connectivity index (χ4v) is 3.65. The van der Waals surface area contributed by atoms with Gasteiger partial charge in [0.25, 0.3) is 0 Å². The number of hydrogen-bond acceptors (Lipinski definition) is 4. The molecule has 0 aliphatic heterocycles. The third-order valence-corrected chi connectivity index (χ3v) is 5.46. The van der Waals surface area contributed by atoms with Crippen LogP contribution in [0, 0.1) is 6.92 Å². The first-order valence-electron chi connectivity index (χ1n) is 12.6. The first-order chi connectivity index (χ1) is 15.0. The molecule has 0 spiro atoms. The van der Waals surface area contributed by atoms with Gasteiger partial charge in [-0.25, -0.2) is 0 Å². The van der Waals surface area contributed by atoms with Crippen LogP contribution in [0.2, 0.25) is 0 Å². The Balaban J connectivity index is 2.30. The van der Waals surface area contributed by atoms with Gasteiger partial charge in [0.1, 0.15) is 11.5 Å². The lowest BCUT2D eigenvalue weighted by atomic mass is 10.1. The number of carbonyl (C=O) groups excluding carboxylic acids is 2. The molecule has 1 aromatic rings. The third-order valence-electron chi connectivity index (χ3n) is 5.46. The molecule has 0 amide bonds. The highest BCUT2D eigenvalue weighted by Gasteiger charge is 2.10. The van der Waals surface area contributed by atoms with Gasteiger partial charge in [-0.1, -0.05) is 90.9 Å². The number of ether oxygens (including phenoxy) is 2. The zero-order valence-corrected chi connectivity index (χ0v) is 20.2. The fourth-order valence-electron chi connectivity index (χ4n) is 3.65. The molecule has 0 N–H and O–H groups in total. The maximum atomic E-state index is 12.1. The SMILES string of the molecule is CCCCCCCCCC(=O)Oc1cc(C)cc(OC(=O)CCCCCCCCC)c1. The number of unbranched alkanes of at least 4 members (excludes halogenated alkanes) is 12. The maximum Gasteiger partial charge on any atom is 0.311 e. The molecule has 0 unspecified atom stereocenters. The molecule has 0 atom stereocenters. The van der Waals surface area contributed by atoms with E-state index in [0.717, 1.165) is 31.2 Å². The van der Waals surface area contributed by atoms with E-state index >= 15 is 0 Å². The first kappa shape index (κ1) is 27.2. The summed E-state index contributed by atoms with van der Waals surface area (Å²) in [5.74, 6) is 0.456. The lowest BCUT2D eigenvalue weighted by Crippen LogP contribution is -2.10. The monoisotopic (exact) mass is 432 g/mol. The van der Waals surface area contributed by atoms with Gasteiger partial charge in [0.05, 0.1) is 0 Å². The van der Waals surface area contributed by atoms with Gasteiger partial charge in [-0.05, 0) is 37.5 Å². The third kappa shape index (κ3) is 14.7. The molecule has 1 aromatic carbocycles. The molecule has 0 saturated heterocycles. The van der Waals surface area contributed by atoms with E-state index in [1.165, 1.54) is 64.2 Å². The lowest BCUT2D eigenvalue weighted by molar-refractivity contribution is -0.135. The number of esters is 2. The van der Waals surface area contributed by atoms with Crippen molar-refractivity contribution in [2.75, 3.05) is 0 Å². The molecule has 0 heterocycles. The van der Waals surface area contributed by atoms with Crippen LogP contribution in [-0.2, 0) is 9.59 Å². The molecule has 0 aliphatic carbocycles. The van der Waals surface area contributed by atoms with Crippen LogP contribution in [0.3, 0.4) is 0 Å². The van der Waals surface area contributed by atoms with Gasteiger partial charge in [0.15, 0.2) is 0 Å². The highest BCUT2D eigenvalue weighted by Crippen LogP contribution is 2.24. The summed E-state index contributed by atoms with van der Waals surface area (Å²) in [5.41, 5.74) is 0.903. The second kappa shape index (κ2) is 17.8. The highest BCUT2D eigenvalue weighted by molar-refractivity contribution is 5.74. The van der Waals surface area contributed by atoms with Gasteiger partial charge in [-0.3, -0.25) is 9.59 Å². The molecule has 0 fully saturated rings. The van der Waals surface area contributed by atoms with Gasteiger partial charge in [0, 0.05) is 18.9 Å². The van der Waals surface area contributed by atoms with E-state index in [1.807, 2.05) is 6.92 Å². The number of rotatable bonds is 18. The quantitative estimate of drug-likeness (QED) is 0.134. The summed E-state index contributed by atoms with van der Waals surface area (Å²) >= 11 is 0. The summed E-state index contributed by atoms with van der Waals surface area (Å²) in [6, 6.07) is 5.24. The minimum absolute atomic E-state index is 0.223. The van der Waals surface area contributed by atoms with Crippen molar-refractivity contribution < 1.29 is 19.1 Å². The molecule has 0 aromatic heterocycles. The standard InChI is InChI=1S/C27H44O4/c1-4-6-8-10-12-14-16-18-26(28)30-24-20-23(3)21-25(22-24)31-27(29)19-17-15-13-11-9-7-5-2/h20-22H,4-19H2,1-3H3. The summed E-state index contributed by atoms with van der Waals surface area (Å²) < 4.78 is 11.0. The number of benzene rings is 1. The highest BCUT2D eigenvalue weighted by atomic mass is 16.5. The minimum Gasteiger partial charge on any atom is -0.426 e. The fraction of sp³-hybridized carbons (Fsp3) is 0.704. The largest absolute Gasteiger partial charge is 0.426 e. The zero-order valence-electron chi connectivity index (χ0n) is 20.2. The second-order valence-corrected chi connectivity index (χ2v) is 8.67. The predicted octanol–water partition coefficient (Wildman–Crippen LogP) is 8.09. The summed E-state index contributed by atoms with van der Waals surface area (Å²) in [4.78, 5) is 24.3. The van der Waals surface area contributed by atoms with Gasteiger partial charge >= 0.3 is 11.9 Å². The molecule has 176 valence electrons. The van der Waals surface area contributed by atoms with Crippen LogP contribution >= 0.6 is 0 Å². The van der Waals surface area contributed by atoms with E-state index in [2.05, 4.69) is 13.8 Å². The molecule has 0 saturated carbocycles. The molecule has 0 bridgehead atoms. The van der Waals surface area contributed by atoms with Crippen molar-refractivity contribution in [3.05, 3.63) is 23.8 Å². The minimum atomic E-state index is -0.223. The van der Waals surface area contributed by atoms with Crippen LogP contribution in [0.5, 0.6) is 11.5 Å². The van der Waals surface area contributed by atoms with Crippen molar-refractivity contribution in [3.63, 3.8) is 0 Å². The summed E-state index contributed by atoms with van der Waals surface area (Å²) in [6.07, 6.45) is 17.2. The molecule has 31 heavy (non-hydrogen) atoms. The molecule has 0 aliphatic rings.